The Bertz CT molecular complexity index is 433. The molecule has 1 unspecified atom stereocenters. The first kappa shape index (κ1) is 10.5. The molecule has 0 radical (unpaired) electrons. The van der Waals surface area contributed by atoms with Crippen molar-refractivity contribution < 1.29 is 18.7 Å². The standard InChI is InChI=1S/C10H7BrF2O2/c11-7-3-1-2-6(4-7)9(8(14)15)5-10(9,12)13/h1-4H,5H2,(H,14,15). The fraction of sp³-hybridized carbons (Fsp3) is 0.300. The van der Waals surface area contributed by atoms with E-state index in [1.54, 1.807) is 12.1 Å². The summed E-state index contributed by atoms with van der Waals surface area (Å²) in [6, 6.07) is 6.06. The van der Waals surface area contributed by atoms with E-state index in [4.69, 9.17) is 5.11 Å². The summed E-state index contributed by atoms with van der Waals surface area (Å²) in [6.45, 7) is 0. The Balaban J connectivity index is 2.50. The molecule has 1 fully saturated rings. The van der Waals surface area contributed by atoms with Gasteiger partial charge in [0.25, 0.3) is 5.92 Å². The zero-order valence-electron chi connectivity index (χ0n) is 7.51. The fourth-order valence-corrected chi connectivity index (χ4v) is 2.11. The maximum absolute atomic E-state index is 13.1. The first-order valence-corrected chi connectivity index (χ1v) is 5.07. The van der Waals surface area contributed by atoms with Crippen molar-refractivity contribution in [2.24, 2.45) is 0 Å². The number of carboxylic acid groups (broad SMARTS) is 1. The molecule has 0 saturated heterocycles. The Kier molecular flexibility index (Phi) is 2.12. The summed E-state index contributed by atoms with van der Waals surface area (Å²) in [6.07, 6.45) is -0.619. The lowest BCUT2D eigenvalue weighted by Crippen LogP contribution is -2.26. The molecule has 2 rings (SSSR count). The molecule has 0 aliphatic heterocycles. The number of hydrogen-bond donors (Lipinski definition) is 1. The van der Waals surface area contributed by atoms with Gasteiger partial charge in [-0.15, -0.1) is 0 Å². The molecule has 1 N–H and O–H groups in total. The van der Waals surface area contributed by atoms with Gasteiger partial charge in [0, 0.05) is 10.9 Å². The van der Waals surface area contributed by atoms with Crippen LogP contribution in [0.2, 0.25) is 0 Å². The minimum atomic E-state index is -3.14. The van der Waals surface area contributed by atoms with E-state index >= 15 is 0 Å². The monoisotopic (exact) mass is 276 g/mol. The van der Waals surface area contributed by atoms with Crippen LogP contribution in [-0.2, 0) is 10.2 Å². The molecule has 0 heterocycles. The summed E-state index contributed by atoms with van der Waals surface area (Å²) in [7, 11) is 0. The Hall–Kier alpha value is -0.970. The van der Waals surface area contributed by atoms with Gasteiger partial charge >= 0.3 is 5.97 Å². The van der Waals surface area contributed by atoms with Crippen LogP contribution in [0, 0.1) is 0 Å². The molecule has 1 aromatic carbocycles. The topological polar surface area (TPSA) is 37.3 Å². The molecule has 0 spiro atoms. The maximum atomic E-state index is 13.1. The molecule has 0 amide bonds. The largest absolute Gasteiger partial charge is 0.480 e. The third-order valence-corrected chi connectivity index (χ3v) is 3.16. The van der Waals surface area contributed by atoms with Gasteiger partial charge in [-0.1, -0.05) is 28.1 Å². The van der Waals surface area contributed by atoms with E-state index in [9.17, 15) is 13.6 Å². The smallest absolute Gasteiger partial charge is 0.320 e. The van der Waals surface area contributed by atoms with Gasteiger partial charge in [0.15, 0.2) is 5.41 Å². The third-order valence-electron chi connectivity index (χ3n) is 2.67. The summed E-state index contributed by atoms with van der Waals surface area (Å²) in [5.41, 5.74) is -1.87. The molecule has 1 aliphatic rings. The summed E-state index contributed by atoms with van der Waals surface area (Å²) in [5.74, 6) is -4.61. The minimum Gasteiger partial charge on any atom is -0.480 e. The van der Waals surface area contributed by atoms with Crippen molar-refractivity contribution in [2.75, 3.05) is 0 Å². The number of aliphatic carboxylic acids is 1. The van der Waals surface area contributed by atoms with E-state index in [1.165, 1.54) is 12.1 Å². The zero-order chi connectivity index (χ0) is 11.3. The maximum Gasteiger partial charge on any atom is 0.320 e. The predicted octanol–water partition coefficient (Wildman–Crippen LogP) is 2.81. The number of carboxylic acids is 1. The van der Waals surface area contributed by atoms with Crippen LogP contribution < -0.4 is 0 Å². The lowest BCUT2D eigenvalue weighted by Gasteiger charge is -2.11. The molecule has 1 aliphatic carbocycles. The highest BCUT2D eigenvalue weighted by Gasteiger charge is 2.77. The fourth-order valence-electron chi connectivity index (χ4n) is 1.71. The highest BCUT2D eigenvalue weighted by molar-refractivity contribution is 9.10. The normalized spacial score (nSPS) is 27.4. The van der Waals surface area contributed by atoms with E-state index in [-0.39, 0.29) is 5.56 Å². The number of carbonyl (C=O) groups is 1. The molecular formula is C10H7BrF2O2. The lowest BCUT2D eigenvalue weighted by atomic mass is 9.95. The molecular weight excluding hydrogens is 270 g/mol. The molecule has 1 saturated carbocycles. The van der Waals surface area contributed by atoms with Crippen molar-refractivity contribution >= 4 is 21.9 Å². The van der Waals surface area contributed by atoms with Crippen molar-refractivity contribution in [1.82, 2.24) is 0 Å². The Morgan fingerprint density at radius 1 is 1.47 bits per heavy atom. The van der Waals surface area contributed by atoms with Crippen LogP contribution in [0.1, 0.15) is 12.0 Å². The first-order valence-electron chi connectivity index (χ1n) is 4.27. The molecule has 5 heteroatoms. The zero-order valence-corrected chi connectivity index (χ0v) is 9.09. The number of rotatable bonds is 2. The van der Waals surface area contributed by atoms with Crippen molar-refractivity contribution in [3.8, 4) is 0 Å². The summed E-state index contributed by atoms with van der Waals surface area (Å²) in [5, 5.41) is 8.89. The van der Waals surface area contributed by atoms with Gasteiger partial charge in [-0.2, -0.15) is 0 Å². The molecule has 15 heavy (non-hydrogen) atoms. The third kappa shape index (κ3) is 1.37. The summed E-state index contributed by atoms with van der Waals surface area (Å²) in [4.78, 5) is 10.9. The van der Waals surface area contributed by atoms with Crippen molar-refractivity contribution in [1.29, 1.82) is 0 Å². The highest BCUT2D eigenvalue weighted by atomic mass is 79.9. The molecule has 1 atom stereocenters. The molecule has 0 aromatic heterocycles. The molecule has 1 aromatic rings. The van der Waals surface area contributed by atoms with E-state index in [0.29, 0.717) is 4.47 Å². The second kappa shape index (κ2) is 3.01. The van der Waals surface area contributed by atoms with Gasteiger partial charge < -0.3 is 5.11 Å². The van der Waals surface area contributed by atoms with E-state index in [1.807, 2.05) is 0 Å². The van der Waals surface area contributed by atoms with E-state index in [0.717, 1.165) is 0 Å². The van der Waals surface area contributed by atoms with Crippen LogP contribution in [-0.4, -0.2) is 17.0 Å². The Morgan fingerprint density at radius 3 is 2.47 bits per heavy atom. The highest BCUT2D eigenvalue weighted by Crippen LogP contribution is 2.61. The second-order valence-electron chi connectivity index (χ2n) is 3.60. The second-order valence-corrected chi connectivity index (χ2v) is 4.52. The minimum absolute atomic E-state index is 0.148. The van der Waals surface area contributed by atoms with Crippen molar-refractivity contribution in [3.63, 3.8) is 0 Å². The van der Waals surface area contributed by atoms with Gasteiger partial charge in [-0.25, -0.2) is 8.78 Å². The van der Waals surface area contributed by atoms with Crippen molar-refractivity contribution in [3.05, 3.63) is 34.3 Å². The number of alkyl halides is 2. The summed E-state index contributed by atoms with van der Waals surface area (Å²) < 4.78 is 26.8. The SMILES string of the molecule is O=C(O)C1(c2cccc(Br)c2)CC1(F)F. The number of hydrogen-bond acceptors (Lipinski definition) is 1. The predicted molar refractivity (Wildman–Crippen MR) is 53.0 cm³/mol. The van der Waals surface area contributed by atoms with Gasteiger partial charge in [-0.3, -0.25) is 4.79 Å². The number of halogens is 3. The van der Waals surface area contributed by atoms with Gasteiger partial charge in [0.1, 0.15) is 0 Å². The van der Waals surface area contributed by atoms with Crippen LogP contribution >= 0.6 is 15.9 Å². The van der Waals surface area contributed by atoms with E-state index < -0.39 is 23.7 Å². The average Bonchev–Trinajstić information content (AvgIpc) is 2.71. The molecule has 80 valence electrons. The first-order chi connectivity index (χ1) is 6.90. The van der Waals surface area contributed by atoms with Gasteiger partial charge in [0.2, 0.25) is 0 Å². The van der Waals surface area contributed by atoms with Crippen LogP contribution in [0.15, 0.2) is 28.7 Å². The van der Waals surface area contributed by atoms with Crippen molar-refractivity contribution in [2.45, 2.75) is 17.8 Å². The van der Waals surface area contributed by atoms with Crippen LogP contribution in [0.4, 0.5) is 8.78 Å². The van der Waals surface area contributed by atoms with Gasteiger partial charge in [0.05, 0.1) is 0 Å². The molecule has 2 nitrogen and oxygen atoms in total. The van der Waals surface area contributed by atoms with Gasteiger partial charge in [-0.05, 0) is 17.7 Å². The average molecular weight is 277 g/mol. The van der Waals surface area contributed by atoms with Crippen LogP contribution in [0.3, 0.4) is 0 Å². The lowest BCUT2D eigenvalue weighted by molar-refractivity contribution is -0.142. The number of benzene rings is 1. The summed E-state index contributed by atoms with van der Waals surface area (Å²) >= 11 is 3.13. The Morgan fingerprint density at radius 2 is 2.07 bits per heavy atom. The Labute approximate surface area is 93.0 Å². The van der Waals surface area contributed by atoms with Crippen LogP contribution in [0.25, 0.3) is 0 Å². The van der Waals surface area contributed by atoms with Crippen LogP contribution in [0.5, 0.6) is 0 Å². The molecule has 0 bridgehead atoms. The quantitative estimate of drug-likeness (QED) is 0.902. The van der Waals surface area contributed by atoms with E-state index in [2.05, 4.69) is 15.9 Å².